The van der Waals surface area contributed by atoms with Crippen LogP contribution in [0, 0.1) is 0 Å². The number of carboxylic acids is 1. The number of hydrogen-bond donors (Lipinski definition) is 7. The minimum Gasteiger partial charge on any atom is -0.756 e. The summed E-state index contributed by atoms with van der Waals surface area (Å²) in [6, 6.07) is 0.893. The first-order chi connectivity index (χ1) is 17.0. The Balaban J connectivity index is 1.63. The second-order valence-electron chi connectivity index (χ2n) is 7.68. The van der Waals surface area contributed by atoms with Crippen molar-refractivity contribution >= 4 is 21.6 Å². The predicted molar refractivity (Wildman–Crippen MR) is 105 cm³/mol. The normalized spacial score (nSPS) is 37.5. The maximum Gasteiger partial charge on any atom is 0.335 e. The number of aliphatic hydroxyl groups excluding tert-OH is 5. The summed E-state index contributed by atoms with van der Waals surface area (Å²) in [6.45, 7) is -1.16. The van der Waals surface area contributed by atoms with Gasteiger partial charge in [0.25, 0.3) is 21.2 Å². The average molecular weight is 578 g/mol. The maximum absolute atomic E-state index is 12.0. The Kier molecular flexibility index (Phi) is 8.89. The summed E-state index contributed by atoms with van der Waals surface area (Å²) in [5.41, 5.74) is -1.82. The van der Waals surface area contributed by atoms with Crippen LogP contribution in [0.25, 0.3) is 0 Å². The smallest absolute Gasteiger partial charge is 0.335 e. The van der Waals surface area contributed by atoms with Gasteiger partial charge in [0.1, 0.15) is 36.6 Å². The molecule has 0 bridgehead atoms. The number of carboxylic acid groups (broad SMARTS) is 1. The monoisotopic (exact) mass is 578 g/mol. The van der Waals surface area contributed by atoms with Crippen LogP contribution in [0.4, 0.5) is 0 Å². The van der Waals surface area contributed by atoms with Gasteiger partial charge in [0.05, 0.1) is 6.61 Å². The lowest BCUT2D eigenvalue weighted by molar-refractivity contribution is -0.300. The van der Waals surface area contributed by atoms with Crippen molar-refractivity contribution in [3.63, 3.8) is 0 Å². The molecule has 7 N–H and O–H groups in total. The number of ether oxygens (including phenoxy) is 2. The number of nitrogens with one attached hydrogen (secondary N) is 1. The number of aromatic nitrogens is 2. The van der Waals surface area contributed by atoms with E-state index in [9.17, 15) is 58.8 Å². The van der Waals surface area contributed by atoms with Gasteiger partial charge in [0.2, 0.25) is 0 Å². The topological polar surface area (TPSA) is 320 Å². The van der Waals surface area contributed by atoms with Crippen molar-refractivity contribution in [1.29, 1.82) is 0 Å². The molecule has 0 aliphatic carbocycles. The lowest BCUT2D eigenvalue weighted by Gasteiger charge is -2.41. The van der Waals surface area contributed by atoms with E-state index < -0.39 is 94.7 Å². The molecule has 210 valence electrons. The van der Waals surface area contributed by atoms with E-state index in [2.05, 4.69) is 18.1 Å². The first-order valence-corrected chi connectivity index (χ1v) is 12.9. The van der Waals surface area contributed by atoms with Crippen LogP contribution < -0.4 is 21.0 Å². The molecule has 0 radical (unpaired) electrons. The summed E-state index contributed by atoms with van der Waals surface area (Å²) in [5.74, 6) is -1.88. The molecule has 2 aliphatic heterocycles. The summed E-state index contributed by atoms with van der Waals surface area (Å²) in [7, 11) is -11.9. The minimum absolute atomic E-state index is 0.674. The summed E-state index contributed by atoms with van der Waals surface area (Å²) in [4.78, 5) is 59.9. The van der Waals surface area contributed by atoms with Gasteiger partial charge in [-0.05, 0) is 0 Å². The third-order valence-electron chi connectivity index (χ3n) is 5.11. The van der Waals surface area contributed by atoms with E-state index in [0.29, 0.717) is 4.57 Å². The number of aliphatic carboxylic acids is 1. The highest BCUT2D eigenvalue weighted by Gasteiger charge is 2.49. The number of nitrogens with zero attached hydrogens (tertiary/aromatic N) is 1. The van der Waals surface area contributed by atoms with Gasteiger partial charge in [-0.1, -0.05) is 0 Å². The fourth-order valence-corrected chi connectivity index (χ4v) is 5.40. The van der Waals surface area contributed by atoms with Crippen molar-refractivity contribution in [1.82, 2.24) is 9.55 Å². The molecule has 3 rings (SSSR count). The highest BCUT2D eigenvalue weighted by molar-refractivity contribution is 7.59. The highest BCUT2D eigenvalue weighted by atomic mass is 31.3. The lowest BCUT2D eigenvalue weighted by Crippen LogP contribution is -2.60. The second kappa shape index (κ2) is 11.1. The second-order valence-corrected chi connectivity index (χ2v) is 10.6. The molecule has 2 saturated heterocycles. The first-order valence-electron chi connectivity index (χ1n) is 9.95. The van der Waals surface area contributed by atoms with Crippen molar-refractivity contribution < 1.29 is 77.2 Å². The predicted octanol–water partition coefficient (Wildman–Crippen LogP) is -5.97. The zero-order valence-corrected chi connectivity index (χ0v) is 19.8. The van der Waals surface area contributed by atoms with Crippen LogP contribution in [-0.4, -0.2) is 102 Å². The zero-order chi connectivity index (χ0) is 27.9. The fourth-order valence-electron chi connectivity index (χ4n) is 3.32. The number of carbonyl (C=O) groups is 1. The number of phosphoric acid groups is 2. The molecular weight excluding hydrogens is 558 g/mol. The summed E-state index contributed by atoms with van der Waals surface area (Å²) in [6.07, 6.45) is -17.7. The van der Waals surface area contributed by atoms with E-state index in [1.165, 1.54) is 0 Å². The van der Waals surface area contributed by atoms with Crippen LogP contribution in [0.2, 0.25) is 0 Å². The number of H-pyrrole nitrogens is 1. The van der Waals surface area contributed by atoms with Gasteiger partial charge in [-0.2, -0.15) is 0 Å². The molecule has 2 aliphatic rings. The van der Waals surface area contributed by atoms with E-state index >= 15 is 0 Å². The first kappa shape index (κ1) is 29.7. The summed E-state index contributed by atoms with van der Waals surface area (Å²) >= 11 is 0. The Morgan fingerprint density at radius 2 is 1.65 bits per heavy atom. The highest BCUT2D eigenvalue weighted by Crippen LogP contribution is 2.57. The van der Waals surface area contributed by atoms with Crippen molar-refractivity contribution in [2.24, 2.45) is 0 Å². The van der Waals surface area contributed by atoms with Gasteiger partial charge < -0.3 is 54.4 Å². The van der Waals surface area contributed by atoms with Crippen LogP contribution in [0.5, 0.6) is 0 Å². The van der Waals surface area contributed by atoms with Crippen LogP contribution >= 0.6 is 15.6 Å². The SMILES string of the molecule is O=C(O)C1OC(OP(=O)([O-])OP(=O)([O-])OCC2OC(n3ccc(=O)[nH]c3=O)C(O)C2O)C(O)C(O)C1O. The van der Waals surface area contributed by atoms with Gasteiger partial charge in [-0.3, -0.25) is 28.0 Å². The molecule has 3 heterocycles. The molecule has 0 spiro atoms. The van der Waals surface area contributed by atoms with Gasteiger partial charge in [-0.15, -0.1) is 0 Å². The van der Waals surface area contributed by atoms with Gasteiger partial charge >= 0.3 is 11.7 Å². The third kappa shape index (κ3) is 6.77. The molecular formula is C15H20N2O18P2-2. The van der Waals surface area contributed by atoms with E-state index in [0.717, 1.165) is 12.3 Å². The van der Waals surface area contributed by atoms with E-state index in [1.807, 2.05) is 4.98 Å². The lowest BCUT2D eigenvalue weighted by atomic mass is 9.99. The quantitative estimate of drug-likeness (QED) is 0.134. The molecule has 0 saturated carbocycles. The Morgan fingerprint density at radius 1 is 1.00 bits per heavy atom. The molecule has 20 nitrogen and oxygen atoms in total. The standard InChI is InChI=1S/C15H22N2O18P2/c18-5-1-2-17(15(26)16-5)12-9(22)6(19)4(32-12)3-31-36(27,28)35-37(29,30)34-14-10(23)7(20)8(21)11(33-14)13(24)25/h1-2,4,6-12,14,19-23H,3H2,(H,24,25)(H,27,28)(H,29,30)(H,16,18,26)/p-2. The van der Waals surface area contributed by atoms with Crippen molar-refractivity contribution in [2.45, 2.75) is 55.2 Å². The Hall–Kier alpha value is -1.87. The Morgan fingerprint density at radius 3 is 2.24 bits per heavy atom. The number of aliphatic hydroxyl groups is 5. The molecule has 0 amide bonds. The molecule has 1 aromatic heterocycles. The molecule has 2 fully saturated rings. The fraction of sp³-hybridized carbons (Fsp3) is 0.667. The van der Waals surface area contributed by atoms with Gasteiger partial charge in [0.15, 0.2) is 18.6 Å². The largest absolute Gasteiger partial charge is 0.756 e. The number of aromatic amines is 1. The summed E-state index contributed by atoms with van der Waals surface area (Å²) < 4.78 is 46.6. The molecule has 11 unspecified atom stereocenters. The molecule has 37 heavy (non-hydrogen) atoms. The van der Waals surface area contributed by atoms with Crippen LogP contribution in [-0.2, 0) is 36.8 Å². The third-order valence-corrected chi connectivity index (χ3v) is 7.64. The maximum atomic E-state index is 12.0. The molecule has 0 aromatic carbocycles. The van der Waals surface area contributed by atoms with Crippen molar-refractivity contribution in [3.05, 3.63) is 33.1 Å². The van der Waals surface area contributed by atoms with Crippen LogP contribution in [0.15, 0.2) is 21.9 Å². The molecule has 1 aromatic rings. The number of rotatable bonds is 9. The van der Waals surface area contributed by atoms with E-state index in [-0.39, 0.29) is 0 Å². The van der Waals surface area contributed by atoms with Crippen LogP contribution in [0.3, 0.4) is 0 Å². The summed E-state index contributed by atoms with van der Waals surface area (Å²) in [5, 5.41) is 58.1. The zero-order valence-electron chi connectivity index (χ0n) is 18.0. The molecule has 11 atom stereocenters. The Bertz CT molecular complexity index is 1200. The number of phosphoric ester groups is 2. The van der Waals surface area contributed by atoms with Gasteiger partial charge in [-0.25, -0.2) is 13.9 Å². The Labute approximate surface area is 204 Å². The average Bonchev–Trinajstić information content (AvgIpc) is 3.05. The van der Waals surface area contributed by atoms with E-state index in [4.69, 9.17) is 9.84 Å². The van der Waals surface area contributed by atoms with Crippen molar-refractivity contribution in [2.75, 3.05) is 6.61 Å². The van der Waals surface area contributed by atoms with Crippen molar-refractivity contribution in [3.8, 4) is 0 Å². The minimum atomic E-state index is -6.04. The molecule has 22 heteroatoms. The van der Waals surface area contributed by atoms with Gasteiger partial charge in [0, 0.05) is 12.3 Å². The number of hydrogen-bond acceptors (Lipinski definition) is 17. The van der Waals surface area contributed by atoms with E-state index in [1.54, 1.807) is 0 Å². The van der Waals surface area contributed by atoms with Crippen LogP contribution in [0.1, 0.15) is 6.23 Å².